The third-order valence-electron chi connectivity index (χ3n) is 3.79. The third kappa shape index (κ3) is 4.25. The number of nitrogens with one attached hydrogen (secondary N) is 3. The van der Waals surface area contributed by atoms with E-state index in [2.05, 4.69) is 15.6 Å². The van der Waals surface area contributed by atoms with Gasteiger partial charge >= 0.3 is 0 Å². The Bertz CT molecular complexity index is 952. The topological polar surface area (TPSA) is 83.2 Å². The van der Waals surface area contributed by atoms with E-state index < -0.39 is 0 Å². The molecule has 0 aliphatic carbocycles. The fraction of sp³-hybridized carbons (Fsp3) is 0.158. The van der Waals surface area contributed by atoms with E-state index in [4.69, 9.17) is 4.74 Å². The normalized spacial score (nSPS) is 10.7. The maximum atomic E-state index is 13.2. The van der Waals surface area contributed by atoms with Gasteiger partial charge in [-0.25, -0.2) is 4.39 Å². The number of rotatable bonds is 6. The van der Waals surface area contributed by atoms with E-state index in [0.29, 0.717) is 16.9 Å². The van der Waals surface area contributed by atoms with Gasteiger partial charge in [-0.2, -0.15) is 0 Å². The van der Waals surface area contributed by atoms with Gasteiger partial charge in [-0.3, -0.25) is 9.59 Å². The molecule has 0 fully saturated rings. The lowest BCUT2D eigenvalue weighted by atomic mass is 10.1. The van der Waals surface area contributed by atoms with Gasteiger partial charge in [-0.15, -0.1) is 0 Å². The van der Waals surface area contributed by atoms with Gasteiger partial charge < -0.3 is 20.4 Å². The molecule has 0 aliphatic rings. The Hall–Kier alpha value is -3.19. The highest BCUT2D eigenvalue weighted by Crippen LogP contribution is 2.21. The smallest absolute Gasteiger partial charge is 0.250 e. The van der Waals surface area contributed by atoms with Crippen LogP contribution in [0.3, 0.4) is 0 Å². The highest BCUT2D eigenvalue weighted by molar-refractivity contribution is 5.97. The van der Waals surface area contributed by atoms with Crippen LogP contribution in [-0.4, -0.2) is 30.5 Å². The third-order valence-corrected chi connectivity index (χ3v) is 3.79. The van der Waals surface area contributed by atoms with Crippen LogP contribution in [-0.2, 0) is 20.7 Å². The minimum atomic E-state index is -0.331. The predicted molar refractivity (Wildman–Crippen MR) is 97.5 cm³/mol. The first-order valence-corrected chi connectivity index (χ1v) is 7.99. The van der Waals surface area contributed by atoms with Crippen molar-refractivity contribution in [3.63, 3.8) is 0 Å². The van der Waals surface area contributed by atoms with Gasteiger partial charge in [-0.05, 0) is 42.0 Å². The molecule has 3 aromatic rings. The molecule has 3 N–H and O–H groups in total. The maximum Gasteiger partial charge on any atom is 0.250 e. The van der Waals surface area contributed by atoms with E-state index in [-0.39, 0.29) is 30.7 Å². The maximum absolute atomic E-state index is 13.2. The Morgan fingerprint density at radius 3 is 2.54 bits per heavy atom. The molecule has 2 amide bonds. The van der Waals surface area contributed by atoms with Crippen LogP contribution in [0.15, 0.2) is 48.7 Å². The summed E-state index contributed by atoms with van der Waals surface area (Å²) in [6.45, 7) is -0.0439. The molecule has 7 heteroatoms. The van der Waals surface area contributed by atoms with Crippen LogP contribution in [0.25, 0.3) is 10.9 Å². The van der Waals surface area contributed by atoms with E-state index in [1.165, 1.54) is 19.2 Å². The SMILES string of the molecule is COCC(=O)Nc1cccc(NC(=O)Cc2c[nH]c3cc(F)ccc23)c1. The van der Waals surface area contributed by atoms with E-state index in [0.717, 1.165) is 10.9 Å². The number of carbonyl (C=O) groups is 2. The Balaban J connectivity index is 1.67. The number of H-pyrrole nitrogens is 1. The van der Waals surface area contributed by atoms with Gasteiger partial charge in [0.15, 0.2) is 0 Å². The molecule has 0 bridgehead atoms. The number of methoxy groups -OCH3 is 1. The van der Waals surface area contributed by atoms with Crippen LogP contribution in [0.2, 0.25) is 0 Å². The molecule has 0 unspecified atom stereocenters. The van der Waals surface area contributed by atoms with Crippen LogP contribution in [0.1, 0.15) is 5.56 Å². The summed E-state index contributed by atoms with van der Waals surface area (Å²) in [7, 11) is 1.44. The first-order valence-electron chi connectivity index (χ1n) is 7.99. The summed E-state index contributed by atoms with van der Waals surface area (Å²) >= 11 is 0. The number of carbonyl (C=O) groups excluding carboxylic acids is 2. The number of ether oxygens (including phenoxy) is 1. The molecular formula is C19H18FN3O3. The zero-order valence-corrected chi connectivity index (χ0v) is 14.1. The number of benzene rings is 2. The van der Waals surface area contributed by atoms with Crippen LogP contribution in [0.4, 0.5) is 15.8 Å². The standard InChI is InChI=1S/C19H18FN3O3/c1-26-11-19(25)23-15-4-2-3-14(9-15)22-18(24)7-12-10-21-17-8-13(20)5-6-16(12)17/h2-6,8-10,21H,7,11H2,1H3,(H,22,24)(H,23,25). The number of amides is 2. The second kappa shape index (κ2) is 7.79. The first-order chi connectivity index (χ1) is 12.5. The lowest BCUT2D eigenvalue weighted by Gasteiger charge is -2.08. The van der Waals surface area contributed by atoms with Gasteiger partial charge in [0, 0.05) is 35.6 Å². The van der Waals surface area contributed by atoms with Crippen molar-refractivity contribution in [1.82, 2.24) is 4.98 Å². The monoisotopic (exact) mass is 355 g/mol. The summed E-state index contributed by atoms with van der Waals surface area (Å²) in [4.78, 5) is 26.8. The molecule has 0 atom stereocenters. The van der Waals surface area contributed by atoms with Crippen molar-refractivity contribution < 1.29 is 18.7 Å². The van der Waals surface area contributed by atoms with Crippen molar-refractivity contribution in [2.24, 2.45) is 0 Å². The quantitative estimate of drug-likeness (QED) is 0.635. The second-order valence-electron chi connectivity index (χ2n) is 5.79. The molecule has 0 radical (unpaired) electrons. The molecule has 1 aromatic heterocycles. The Morgan fingerprint density at radius 2 is 1.81 bits per heavy atom. The number of hydrogen-bond acceptors (Lipinski definition) is 3. The molecule has 0 aliphatic heterocycles. The van der Waals surface area contributed by atoms with E-state index >= 15 is 0 Å². The van der Waals surface area contributed by atoms with Crippen LogP contribution < -0.4 is 10.6 Å². The van der Waals surface area contributed by atoms with Crippen LogP contribution in [0, 0.1) is 5.82 Å². The van der Waals surface area contributed by atoms with E-state index in [1.807, 2.05) is 0 Å². The van der Waals surface area contributed by atoms with Crippen LogP contribution >= 0.6 is 0 Å². The Morgan fingerprint density at radius 1 is 1.08 bits per heavy atom. The number of aromatic nitrogens is 1. The first kappa shape index (κ1) is 17.6. The van der Waals surface area contributed by atoms with Gasteiger partial charge in [0.2, 0.25) is 11.8 Å². The van der Waals surface area contributed by atoms with Crippen molar-refractivity contribution in [2.75, 3.05) is 24.4 Å². The number of aromatic amines is 1. The lowest BCUT2D eigenvalue weighted by molar-refractivity contribution is -0.119. The van der Waals surface area contributed by atoms with Crippen molar-refractivity contribution in [2.45, 2.75) is 6.42 Å². The highest BCUT2D eigenvalue weighted by atomic mass is 19.1. The highest BCUT2D eigenvalue weighted by Gasteiger charge is 2.10. The second-order valence-corrected chi connectivity index (χ2v) is 5.79. The summed E-state index contributed by atoms with van der Waals surface area (Å²) in [5.41, 5.74) is 2.56. The Kier molecular flexibility index (Phi) is 5.28. The minimum absolute atomic E-state index is 0.0439. The number of hydrogen-bond donors (Lipinski definition) is 3. The zero-order chi connectivity index (χ0) is 18.5. The lowest BCUT2D eigenvalue weighted by Crippen LogP contribution is -2.18. The minimum Gasteiger partial charge on any atom is -0.375 e. The van der Waals surface area contributed by atoms with Gasteiger partial charge in [0.1, 0.15) is 12.4 Å². The summed E-state index contributed by atoms with van der Waals surface area (Å²) in [6, 6.07) is 11.2. The van der Waals surface area contributed by atoms with Crippen molar-refractivity contribution in [3.05, 3.63) is 60.0 Å². The molecule has 2 aromatic carbocycles. The van der Waals surface area contributed by atoms with E-state index in [9.17, 15) is 14.0 Å². The van der Waals surface area contributed by atoms with Gasteiger partial charge in [0.25, 0.3) is 0 Å². The molecule has 134 valence electrons. The fourth-order valence-electron chi connectivity index (χ4n) is 2.69. The summed E-state index contributed by atoms with van der Waals surface area (Å²) in [5.74, 6) is -0.819. The molecule has 0 spiro atoms. The molecule has 1 heterocycles. The predicted octanol–water partition coefficient (Wildman–Crippen LogP) is 3.07. The zero-order valence-electron chi connectivity index (χ0n) is 14.1. The van der Waals surface area contributed by atoms with Crippen molar-refractivity contribution in [1.29, 1.82) is 0 Å². The molecule has 26 heavy (non-hydrogen) atoms. The van der Waals surface area contributed by atoms with Crippen LogP contribution in [0.5, 0.6) is 0 Å². The van der Waals surface area contributed by atoms with Gasteiger partial charge in [-0.1, -0.05) is 6.07 Å². The number of fused-ring (bicyclic) bond motifs is 1. The molecule has 0 saturated heterocycles. The Labute approximate surface area is 149 Å². The summed E-state index contributed by atoms with van der Waals surface area (Å²) < 4.78 is 18.0. The largest absolute Gasteiger partial charge is 0.375 e. The summed E-state index contributed by atoms with van der Waals surface area (Å²) in [5, 5.41) is 6.28. The fourth-order valence-corrected chi connectivity index (χ4v) is 2.69. The average Bonchev–Trinajstić information content (AvgIpc) is 2.97. The van der Waals surface area contributed by atoms with Gasteiger partial charge in [0.05, 0.1) is 6.42 Å². The van der Waals surface area contributed by atoms with E-state index in [1.54, 1.807) is 36.5 Å². The molecule has 6 nitrogen and oxygen atoms in total. The van der Waals surface area contributed by atoms with Crippen molar-refractivity contribution >= 4 is 34.1 Å². The molecule has 0 saturated carbocycles. The number of anilines is 2. The van der Waals surface area contributed by atoms with Crippen molar-refractivity contribution in [3.8, 4) is 0 Å². The number of halogens is 1. The molecule has 3 rings (SSSR count). The molecular weight excluding hydrogens is 337 g/mol. The summed E-state index contributed by atoms with van der Waals surface area (Å²) in [6.07, 6.45) is 1.84. The average molecular weight is 355 g/mol.